The molecule has 0 unspecified atom stereocenters. The van der Waals surface area contributed by atoms with Gasteiger partial charge >= 0.3 is 12.4 Å². The van der Waals surface area contributed by atoms with Crippen molar-refractivity contribution >= 4 is 0 Å². The van der Waals surface area contributed by atoms with E-state index in [1.54, 1.807) is 12.1 Å². The second-order valence-corrected chi connectivity index (χ2v) is 5.84. The lowest BCUT2D eigenvalue weighted by atomic mass is 10.0. The summed E-state index contributed by atoms with van der Waals surface area (Å²) in [6, 6.07) is 9.77. The number of benzene rings is 2. The van der Waals surface area contributed by atoms with Crippen LogP contribution in [0.1, 0.15) is 22.4 Å². The maximum atomic E-state index is 13.0. The van der Waals surface area contributed by atoms with E-state index in [0.717, 1.165) is 6.07 Å². The van der Waals surface area contributed by atoms with Crippen LogP contribution in [0.2, 0.25) is 0 Å². The number of aromatic amines is 1. The van der Waals surface area contributed by atoms with E-state index < -0.39 is 30.1 Å². The van der Waals surface area contributed by atoms with Crippen molar-refractivity contribution in [3.63, 3.8) is 0 Å². The SMILES string of the molecule is N#Cc1nn[nH]c1-c1cccc(OCc2ccc(C(F)(F)F)c(C(F)(F)F)c2)c1. The first-order valence-corrected chi connectivity index (χ1v) is 7.91. The van der Waals surface area contributed by atoms with E-state index in [4.69, 9.17) is 10.00 Å². The van der Waals surface area contributed by atoms with E-state index in [9.17, 15) is 26.3 Å². The Bertz CT molecular complexity index is 1070. The van der Waals surface area contributed by atoms with Crippen molar-refractivity contribution in [1.82, 2.24) is 15.4 Å². The van der Waals surface area contributed by atoms with Crippen LogP contribution >= 0.6 is 0 Å². The van der Waals surface area contributed by atoms with Crippen LogP contribution in [0, 0.1) is 11.3 Å². The van der Waals surface area contributed by atoms with Gasteiger partial charge in [0.05, 0.1) is 11.1 Å². The molecule has 0 saturated carbocycles. The Morgan fingerprint density at radius 3 is 2.34 bits per heavy atom. The molecule has 0 radical (unpaired) electrons. The fraction of sp³-hybridized carbons (Fsp3) is 0.167. The molecule has 150 valence electrons. The predicted octanol–water partition coefficient (Wildman–Crippen LogP) is 4.96. The zero-order chi connectivity index (χ0) is 21.2. The average Bonchev–Trinajstić information content (AvgIpc) is 3.14. The normalized spacial score (nSPS) is 11.9. The molecule has 0 spiro atoms. The summed E-state index contributed by atoms with van der Waals surface area (Å²) in [6.07, 6.45) is -10.3. The van der Waals surface area contributed by atoms with Crippen molar-refractivity contribution in [3.8, 4) is 23.1 Å². The standard InChI is InChI=1S/C18H10F6N4O/c19-17(20,21)13-5-4-10(6-14(13)18(22,23)24)9-29-12-3-1-2-11(7-12)16-15(8-25)26-28-27-16/h1-7H,9H2,(H,26,27,28). The van der Waals surface area contributed by atoms with Crippen LogP contribution in [0.3, 0.4) is 0 Å². The summed E-state index contributed by atoms with van der Waals surface area (Å²) in [5.74, 6) is 0.231. The third kappa shape index (κ3) is 4.48. The summed E-state index contributed by atoms with van der Waals surface area (Å²) >= 11 is 0. The van der Waals surface area contributed by atoms with Crippen molar-refractivity contribution in [2.24, 2.45) is 0 Å². The Morgan fingerprint density at radius 1 is 0.966 bits per heavy atom. The smallest absolute Gasteiger partial charge is 0.417 e. The minimum absolute atomic E-state index is 0.0414. The van der Waals surface area contributed by atoms with E-state index in [2.05, 4.69) is 15.4 Å². The van der Waals surface area contributed by atoms with E-state index in [-0.39, 0.29) is 17.0 Å². The summed E-state index contributed by atoms with van der Waals surface area (Å²) in [4.78, 5) is 0. The zero-order valence-corrected chi connectivity index (χ0v) is 14.3. The van der Waals surface area contributed by atoms with Crippen LogP contribution < -0.4 is 4.74 Å². The number of nitrogens with zero attached hydrogens (tertiary/aromatic N) is 3. The first-order valence-electron chi connectivity index (χ1n) is 7.91. The number of halogens is 6. The molecule has 2 aromatic carbocycles. The Kier molecular flexibility index (Phi) is 5.19. The number of rotatable bonds is 4. The zero-order valence-electron chi connectivity index (χ0n) is 14.3. The number of H-pyrrole nitrogens is 1. The Hall–Kier alpha value is -3.55. The van der Waals surface area contributed by atoms with Crippen molar-refractivity contribution in [3.05, 3.63) is 64.8 Å². The maximum absolute atomic E-state index is 13.0. The van der Waals surface area contributed by atoms with E-state index >= 15 is 0 Å². The van der Waals surface area contributed by atoms with Gasteiger partial charge < -0.3 is 4.74 Å². The first-order chi connectivity index (χ1) is 13.6. The van der Waals surface area contributed by atoms with Crippen LogP contribution in [0.15, 0.2) is 42.5 Å². The Morgan fingerprint density at radius 2 is 1.69 bits per heavy atom. The first kappa shape index (κ1) is 20.2. The lowest BCUT2D eigenvalue weighted by Crippen LogP contribution is -2.17. The quantitative estimate of drug-likeness (QED) is 0.615. The number of nitrogens with one attached hydrogen (secondary N) is 1. The van der Waals surface area contributed by atoms with Gasteiger partial charge in [0.15, 0.2) is 5.69 Å². The molecule has 5 nitrogen and oxygen atoms in total. The molecule has 1 aromatic heterocycles. The van der Waals surface area contributed by atoms with E-state index in [0.29, 0.717) is 23.4 Å². The van der Waals surface area contributed by atoms with Crippen molar-refractivity contribution < 1.29 is 31.1 Å². The minimum atomic E-state index is -5.16. The van der Waals surface area contributed by atoms with Gasteiger partial charge in [0.2, 0.25) is 0 Å². The summed E-state index contributed by atoms with van der Waals surface area (Å²) < 4.78 is 83.0. The van der Waals surface area contributed by atoms with Gasteiger partial charge in [-0.25, -0.2) is 0 Å². The maximum Gasteiger partial charge on any atom is 0.417 e. The fourth-order valence-corrected chi connectivity index (χ4v) is 2.58. The van der Waals surface area contributed by atoms with Crippen molar-refractivity contribution in [2.75, 3.05) is 0 Å². The van der Waals surface area contributed by atoms with E-state index in [1.807, 2.05) is 6.07 Å². The summed E-state index contributed by atoms with van der Waals surface area (Å²) in [6.45, 7) is -0.392. The number of aromatic nitrogens is 3. The third-order valence-electron chi connectivity index (χ3n) is 3.88. The molecule has 0 fully saturated rings. The number of hydrogen-bond acceptors (Lipinski definition) is 4. The molecule has 1 heterocycles. The highest BCUT2D eigenvalue weighted by atomic mass is 19.4. The molecule has 3 aromatic rings. The highest BCUT2D eigenvalue weighted by molar-refractivity contribution is 5.65. The highest BCUT2D eigenvalue weighted by Gasteiger charge is 2.43. The molecule has 11 heteroatoms. The van der Waals surface area contributed by atoms with Gasteiger partial charge in [0, 0.05) is 5.56 Å². The van der Waals surface area contributed by atoms with Crippen molar-refractivity contribution in [1.29, 1.82) is 5.26 Å². The topological polar surface area (TPSA) is 74.6 Å². The van der Waals surface area contributed by atoms with Gasteiger partial charge in [-0.2, -0.15) is 31.6 Å². The monoisotopic (exact) mass is 412 g/mol. The number of nitriles is 1. The fourth-order valence-electron chi connectivity index (χ4n) is 2.58. The summed E-state index contributed by atoms with van der Waals surface area (Å²) in [5, 5.41) is 18.6. The van der Waals surface area contributed by atoms with Gasteiger partial charge in [0.25, 0.3) is 0 Å². The van der Waals surface area contributed by atoms with E-state index in [1.165, 1.54) is 12.1 Å². The van der Waals surface area contributed by atoms with Crippen molar-refractivity contribution in [2.45, 2.75) is 19.0 Å². The molecule has 0 amide bonds. The van der Waals surface area contributed by atoms with Gasteiger partial charge in [-0.1, -0.05) is 23.4 Å². The summed E-state index contributed by atoms with van der Waals surface area (Å²) in [7, 11) is 0. The van der Waals surface area contributed by atoms with Crippen LogP contribution in [-0.2, 0) is 19.0 Å². The molecule has 0 saturated heterocycles. The molecule has 0 aliphatic rings. The van der Waals surface area contributed by atoms with Gasteiger partial charge in [-0.15, -0.1) is 5.10 Å². The predicted molar refractivity (Wildman–Crippen MR) is 87.3 cm³/mol. The Balaban J connectivity index is 1.84. The second-order valence-electron chi connectivity index (χ2n) is 5.84. The number of hydrogen-bond donors (Lipinski definition) is 1. The van der Waals surface area contributed by atoms with Gasteiger partial charge in [0.1, 0.15) is 24.1 Å². The van der Waals surface area contributed by atoms with Crippen LogP contribution in [0.4, 0.5) is 26.3 Å². The molecule has 0 atom stereocenters. The lowest BCUT2D eigenvalue weighted by Gasteiger charge is -2.17. The van der Waals surface area contributed by atoms with Crippen LogP contribution in [0.25, 0.3) is 11.3 Å². The summed E-state index contributed by atoms with van der Waals surface area (Å²) in [5.41, 5.74) is -2.76. The third-order valence-corrected chi connectivity index (χ3v) is 3.88. The molecular formula is C18H10F6N4O. The Labute approximate surface area is 159 Å². The molecule has 1 N–H and O–H groups in total. The molecule has 3 rings (SSSR count). The molecular weight excluding hydrogens is 402 g/mol. The largest absolute Gasteiger partial charge is 0.489 e. The lowest BCUT2D eigenvalue weighted by molar-refractivity contribution is -0.162. The molecule has 0 aliphatic carbocycles. The average molecular weight is 412 g/mol. The van der Waals surface area contributed by atoms with Crippen LogP contribution in [-0.4, -0.2) is 15.4 Å². The molecule has 29 heavy (non-hydrogen) atoms. The van der Waals surface area contributed by atoms with Crippen LogP contribution in [0.5, 0.6) is 5.75 Å². The molecule has 0 bridgehead atoms. The number of ether oxygens (including phenoxy) is 1. The molecule has 0 aliphatic heterocycles. The second kappa shape index (κ2) is 7.46. The minimum Gasteiger partial charge on any atom is -0.489 e. The van der Waals surface area contributed by atoms with Gasteiger partial charge in [-0.05, 0) is 29.8 Å². The van der Waals surface area contributed by atoms with Gasteiger partial charge in [-0.3, -0.25) is 5.10 Å². The number of alkyl halides is 6. The highest BCUT2D eigenvalue weighted by Crippen LogP contribution is 2.40.